The number of benzene rings is 2. The molecule has 4 aromatic rings. The van der Waals surface area contributed by atoms with E-state index in [1.807, 2.05) is 41.3 Å². The first-order valence-corrected chi connectivity index (χ1v) is 12.6. The van der Waals surface area contributed by atoms with Crippen LogP contribution in [0, 0.1) is 0 Å². The van der Waals surface area contributed by atoms with Gasteiger partial charge in [-0.05, 0) is 49.8 Å². The number of hydrogen-bond acceptors (Lipinski definition) is 6. The van der Waals surface area contributed by atoms with E-state index in [1.54, 1.807) is 18.2 Å². The fourth-order valence-electron chi connectivity index (χ4n) is 4.88. The Morgan fingerprint density at radius 1 is 0.946 bits per heavy atom. The van der Waals surface area contributed by atoms with E-state index in [0.717, 1.165) is 31.2 Å². The van der Waals surface area contributed by atoms with Crippen molar-refractivity contribution in [1.82, 2.24) is 19.5 Å². The average Bonchev–Trinajstić information content (AvgIpc) is 2.91. The number of H-pyrrole nitrogens is 2. The zero-order chi connectivity index (χ0) is 25.8. The lowest BCUT2D eigenvalue weighted by Crippen LogP contribution is -2.39. The SMILES string of the molecule is Nc1c(N(CCC2=CCCCC2)Cc2nc3ccccc3c(=O)[nH]2)c(=O)[nH]c(=O)n1Cc1ccccc1. The summed E-state index contributed by atoms with van der Waals surface area (Å²) in [6.45, 7) is 0.864. The van der Waals surface area contributed by atoms with Gasteiger partial charge < -0.3 is 15.6 Å². The van der Waals surface area contributed by atoms with Crippen molar-refractivity contribution in [3.05, 3.63) is 109 Å². The zero-order valence-electron chi connectivity index (χ0n) is 20.6. The molecule has 2 aromatic heterocycles. The number of para-hydroxylation sites is 1. The molecule has 0 spiro atoms. The van der Waals surface area contributed by atoms with Gasteiger partial charge in [-0.2, -0.15) is 0 Å². The van der Waals surface area contributed by atoms with Gasteiger partial charge in [0.05, 0.1) is 24.0 Å². The molecule has 0 unspecified atom stereocenters. The van der Waals surface area contributed by atoms with Crippen molar-refractivity contribution in [1.29, 1.82) is 0 Å². The van der Waals surface area contributed by atoms with E-state index in [-0.39, 0.29) is 30.2 Å². The number of hydrogen-bond donors (Lipinski definition) is 3. The van der Waals surface area contributed by atoms with E-state index in [9.17, 15) is 14.4 Å². The summed E-state index contributed by atoms with van der Waals surface area (Å²) in [5.74, 6) is 0.499. The number of aromatic amines is 2. The molecule has 9 nitrogen and oxygen atoms in total. The second kappa shape index (κ2) is 10.7. The standard InChI is InChI=1S/C28H30N6O3/c29-25-24(27(36)32-28(37)34(25)17-20-11-5-2-6-12-20)33(16-15-19-9-3-1-4-10-19)18-23-30-22-14-8-7-13-21(22)26(35)31-23/h2,5-9,11-14H,1,3-4,10,15-18,29H2,(H,30,31,35)(H,32,36,37). The maximum absolute atomic E-state index is 13.1. The Balaban J connectivity index is 1.55. The first-order chi connectivity index (χ1) is 18.0. The normalized spacial score (nSPS) is 13.5. The van der Waals surface area contributed by atoms with E-state index < -0.39 is 11.2 Å². The third-order valence-corrected chi connectivity index (χ3v) is 6.80. The van der Waals surface area contributed by atoms with Crippen LogP contribution in [0.5, 0.6) is 0 Å². The molecule has 0 atom stereocenters. The Morgan fingerprint density at radius 3 is 2.51 bits per heavy atom. The van der Waals surface area contributed by atoms with Gasteiger partial charge in [0.2, 0.25) is 0 Å². The lowest BCUT2D eigenvalue weighted by atomic mass is 9.97. The van der Waals surface area contributed by atoms with Crippen molar-refractivity contribution in [2.45, 2.75) is 45.2 Å². The lowest BCUT2D eigenvalue weighted by molar-refractivity contribution is 0.653. The second-order valence-corrected chi connectivity index (χ2v) is 9.37. The van der Waals surface area contributed by atoms with E-state index in [2.05, 4.69) is 21.0 Å². The maximum atomic E-state index is 13.1. The van der Waals surface area contributed by atoms with Crippen LogP contribution in [0.4, 0.5) is 11.5 Å². The van der Waals surface area contributed by atoms with Crippen LogP contribution >= 0.6 is 0 Å². The summed E-state index contributed by atoms with van der Waals surface area (Å²) >= 11 is 0. The molecule has 0 bridgehead atoms. The van der Waals surface area contributed by atoms with Crippen molar-refractivity contribution >= 4 is 22.4 Å². The van der Waals surface area contributed by atoms with Gasteiger partial charge in [0, 0.05) is 6.54 Å². The van der Waals surface area contributed by atoms with Crippen molar-refractivity contribution in [3.63, 3.8) is 0 Å². The molecule has 2 aromatic carbocycles. The maximum Gasteiger partial charge on any atom is 0.330 e. The number of allylic oxidation sites excluding steroid dienone is 1. The molecule has 0 saturated heterocycles. The molecule has 1 aliphatic carbocycles. The summed E-state index contributed by atoms with van der Waals surface area (Å²) in [4.78, 5) is 50.3. The van der Waals surface area contributed by atoms with E-state index in [1.165, 1.54) is 16.6 Å². The van der Waals surface area contributed by atoms with Crippen LogP contribution in [0.2, 0.25) is 0 Å². The number of fused-ring (bicyclic) bond motifs is 1. The predicted octanol–water partition coefficient (Wildman–Crippen LogP) is 3.30. The lowest BCUT2D eigenvalue weighted by Gasteiger charge is -2.27. The Hall–Kier alpha value is -4.40. The van der Waals surface area contributed by atoms with Gasteiger partial charge in [0.25, 0.3) is 11.1 Å². The van der Waals surface area contributed by atoms with Crippen LogP contribution in [0.25, 0.3) is 10.9 Å². The fourth-order valence-corrected chi connectivity index (χ4v) is 4.88. The van der Waals surface area contributed by atoms with Gasteiger partial charge in [-0.1, -0.05) is 54.1 Å². The highest BCUT2D eigenvalue weighted by atomic mass is 16.2. The molecular weight excluding hydrogens is 468 g/mol. The minimum absolute atomic E-state index is 0.0818. The smallest absolute Gasteiger partial charge is 0.330 e. The highest BCUT2D eigenvalue weighted by molar-refractivity contribution is 5.77. The Morgan fingerprint density at radius 2 is 1.73 bits per heavy atom. The molecule has 0 fully saturated rings. The van der Waals surface area contributed by atoms with E-state index >= 15 is 0 Å². The Kier molecular flexibility index (Phi) is 7.02. The molecule has 0 radical (unpaired) electrons. The summed E-state index contributed by atoms with van der Waals surface area (Å²) in [6.07, 6.45) is 7.43. The largest absolute Gasteiger partial charge is 0.383 e. The number of anilines is 2. The van der Waals surface area contributed by atoms with Crippen molar-refractivity contribution in [3.8, 4) is 0 Å². The molecule has 0 aliphatic heterocycles. The monoisotopic (exact) mass is 498 g/mol. The van der Waals surface area contributed by atoms with E-state index in [4.69, 9.17) is 5.73 Å². The summed E-state index contributed by atoms with van der Waals surface area (Å²) in [5, 5.41) is 0.499. The number of nitrogens with two attached hydrogens (primary N) is 1. The van der Waals surface area contributed by atoms with Gasteiger partial charge in [-0.15, -0.1) is 0 Å². The number of nitrogens with zero attached hydrogens (tertiary/aromatic N) is 3. The average molecular weight is 499 g/mol. The third-order valence-electron chi connectivity index (χ3n) is 6.80. The summed E-state index contributed by atoms with van der Waals surface area (Å²) < 4.78 is 1.37. The van der Waals surface area contributed by atoms with Crippen LogP contribution in [-0.4, -0.2) is 26.1 Å². The van der Waals surface area contributed by atoms with Crippen LogP contribution in [0.1, 0.15) is 43.5 Å². The second-order valence-electron chi connectivity index (χ2n) is 9.37. The van der Waals surface area contributed by atoms with Crippen molar-refractivity contribution in [2.24, 2.45) is 0 Å². The van der Waals surface area contributed by atoms with Gasteiger partial charge >= 0.3 is 5.69 Å². The summed E-state index contributed by atoms with van der Waals surface area (Å²) in [7, 11) is 0. The van der Waals surface area contributed by atoms with Gasteiger partial charge in [-0.3, -0.25) is 19.1 Å². The quantitative estimate of drug-likeness (QED) is 0.320. The molecule has 0 saturated carbocycles. The minimum Gasteiger partial charge on any atom is -0.383 e. The highest BCUT2D eigenvalue weighted by Gasteiger charge is 2.21. The zero-order valence-corrected chi connectivity index (χ0v) is 20.6. The van der Waals surface area contributed by atoms with Crippen LogP contribution in [0.3, 0.4) is 0 Å². The molecule has 190 valence electrons. The minimum atomic E-state index is -0.567. The molecular formula is C28H30N6O3. The number of aromatic nitrogens is 4. The predicted molar refractivity (Wildman–Crippen MR) is 146 cm³/mol. The number of nitrogen functional groups attached to an aromatic ring is 1. The van der Waals surface area contributed by atoms with Crippen molar-refractivity contribution < 1.29 is 0 Å². The van der Waals surface area contributed by atoms with Gasteiger partial charge in [-0.25, -0.2) is 9.78 Å². The Labute approximate surface area is 213 Å². The molecule has 9 heteroatoms. The molecule has 2 heterocycles. The topological polar surface area (TPSA) is 130 Å². The molecule has 37 heavy (non-hydrogen) atoms. The third kappa shape index (κ3) is 5.40. The van der Waals surface area contributed by atoms with Crippen LogP contribution in [0.15, 0.2) is 80.6 Å². The first-order valence-electron chi connectivity index (χ1n) is 12.6. The summed E-state index contributed by atoms with van der Waals surface area (Å²) in [6, 6.07) is 16.6. The van der Waals surface area contributed by atoms with Crippen molar-refractivity contribution in [2.75, 3.05) is 17.2 Å². The molecule has 5 rings (SSSR count). The fraction of sp³-hybridized carbons (Fsp3) is 0.286. The van der Waals surface area contributed by atoms with Crippen LogP contribution in [-0.2, 0) is 13.1 Å². The van der Waals surface area contributed by atoms with E-state index in [0.29, 0.717) is 23.3 Å². The first kappa shape index (κ1) is 24.3. The highest BCUT2D eigenvalue weighted by Crippen LogP contribution is 2.24. The van der Waals surface area contributed by atoms with Gasteiger partial charge in [0.1, 0.15) is 17.3 Å². The van der Waals surface area contributed by atoms with Gasteiger partial charge in [0.15, 0.2) is 0 Å². The molecule has 0 amide bonds. The van der Waals surface area contributed by atoms with Crippen LogP contribution < -0.4 is 27.4 Å². The summed E-state index contributed by atoms with van der Waals surface area (Å²) in [5.41, 5.74) is 8.13. The Bertz CT molecular complexity index is 1620. The number of rotatable bonds is 8. The molecule has 1 aliphatic rings. The number of nitrogens with one attached hydrogen (secondary N) is 2. The molecule has 4 N–H and O–H groups in total.